The molecule has 142 valence electrons. The summed E-state index contributed by atoms with van der Waals surface area (Å²) in [5, 5.41) is 4.46. The van der Waals surface area contributed by atoms with E-state index in [2.05, 4.69) is 20.0 Å². The van der Waals surface area contributed by atoms with E-state index in [1.54, 1.807) is 33.3 Å². The van der Waals surface area contributed by atoms with Crippen LogP contribution in [0, 0.1) is 13.8 Å². The molecule has 0 N–H and O–H groups in total. The molecule has 1 aliphatic heterocycles. The lowest BCUT2D eigenvalue weighted by atomic mass is 10.3. The molecule has 8 nitrogen and oxygen atoms in total. The number of piperazine rings is 1. The lowest BCUT2D eigenvalue weighted by molar-refractivity contribution is 0.384. The molecule has 27 heavy (non-hydrogen) atoms. The van der Waals surface area contributed by atoms with E-state index >= 15 is 0 Å². The van der Waals surface area contributed by atoms with Gasteiger partial charge < -0.3 is 4.90 Å². The lowest BCUT2D eigenvalue weighted by Gasteiger charge is -2.35. The summed E-state index contributed by atoms with van der Waals surface area (Å²) in [6, 6.07) is 8.58. The van der Waals surface area contributed by atoms with Gasteiger partial charge in [-0.05, 0) is 26.0 Å². The molecule has 0 bridgehead atoms. The minimum absolute atomic E-state index is 0.334. The Morgan fingerprint density at radius 2 is 1.63 bits per heavy atom. The summed E-state index contributed by atoms with van der Waals surface area (Å²) < 4.78 is 29.0. The Labute approximate surface area is 158 Å². The first-order valence-electron chi connectivity index (χ1n) is 8.86. The fourth-order valence-corrected chi connectivity index (χ4v) is 4.97. The van der Waals surface area contributed by atoms with Crippen LogP contribution in [0.25, 0.3) is 11.0 Å². The molecular formula is C18H22N6O2S. The fraction of sp³-hybridized carbons (Fsp3) is 0.389. The first kappa shape index (κ1) is 17.9. The number of hydrogen-bond acceptors (Lipinski definition) is 6. The molecular weight excluding hydrogens is 364 g/mol. The molecule has 0 radical (unpaired) electrons. The highest BCUT2D eigenvalue weighted by Crippen LogP contribution is 2.27. The molecule has 3 heterocycles. The number of nitrogens with zero attached hydrogens (tertiary/aromatic N) is 6. The van der Waals surface area contributed by atoms with Crippen LogP contribution in [0.1, 0.15) is 11.5 Å². The molecule has 0 unspecified atom stereocenters. The first-order chi connectivity index (χ1) is 12.9. The predicted molar refractivity (Wildman–Crippen MR) is 103 cm³/mol. The second-order valence-corrected chi connectivity index (χ2v) is 8.64. The average Bonchev–Trinajstić information content (AvgIpc) is 2.95. The van der Waals surface area contributed by atoms with Crippen LogP contribution < -0.4 is 4.90 Å². The van der Waals surface area contributed by atoms with Crippen molar-refractivity contribution in [3.05, 3.63) is 41.9 Å². The van der Waals surface area contributed by atoms with Crippen LogP contribution in [0.2, 0.25) is 0 Å². The molecule has 0 aliphatic carbocycles. The largest absolute Gasteiger partial charge is 0.352 e. The number of aromatic nitrogens is 4. The lowest BCUT2D eigenvalue weighted by Crippen LogP contribution is -2.49. The van der Waals surface area contributed by atoms with Crippen molar-refractivity contribution in [3.63, 3.8) is 0 Å². The number of aryl methyl sites for hydroxylation is 3. The Hall–Kier alpha value is -2.52. The molecule has 2 aromatic heterocycles. The maximum atomic E-state index is 12.8. The molecule has 0 saturated carbocycles. The minimum atomic E-state index is -3.47. The minimum Gasteiger partial charge on any atom is -0.352 e. The third-order valence-electron chi connectivity index (χ3n) is 4.86. The van der Waals surface area contributed by atoms with E-state index in [0.717, 1.165) is 22.5 Å². The van der Waals surface area contributed by atoms with Crippen molar-refractivity contribution in [3.8, 4) is 0 Å². The SMILES string of the molecule is Cc1nc(N2CCN(S(=O)(=O)c3ccccc3)CC2)c2c(n1)c(C)nn2C. The monoisotopic (exact) mass is 386 g/mol. The van der Waals surface area contributed by atoms with E-state index < -0.39 is 10.0 Å². The van der Waals surface area contributed by atoms with Crippen molar-refractivity contribution in [2.75, 3.05) is 31.1 Å². The van der Waals surface area contributed by atoms with Crippen molar-refractivity contribution >= 4 is 26.9 Å². The maximum Gasteiger partial charge on any atom is 0.243 e. The summed E-state index contributed by atoms with van der Waals surface area (Å²) in [7, 11) is -1.58. The molecule has 0 atom stereocenters. The number of benzene rings is 1. The molecule has 4 rings (SSSR count). The van der Waals surface area contributed by atoms with Crippen molar-refractivity contribution in [2.45, 2.75) is 18.7 Å². The van der Waals surface area contributed by atoms with Gasteiger partial charge in [0.15, 0.2) is 5.82 Å². The van der Waals surface area contributed by atoms with Gasteiger partial charge in [-0.15, -0.1) is 0 Å². The molecule has 1 aromatic carbocycles. The first-order valence-corrected chi connectivity index (χ1v) is 10.3. The highest BCUT2D eigenvalue weighted by Gasteiger charge is 2.30. The highest BCUT2D eigenvalue weighted by atomic mass is 32.2. The number of fused-ring (bicyclic) bond motifs is 1. The summed E-state index contributed by atoms with van der Waals surface area (Å²) in [5.74, 6) is 1.50. The van der Waals surface area contributed by atoms with Crippen molar-refractivity contribution < 1.29 is 8.42 Å². The van der Waals surface area contributed by atoms with Crippen molar-refractivity contribution in [2.24, 2.45) is 7.05 Å². The van der Waals surface area contributed by atoms with Crippen molar-refractivity contribution in [1.29, 1.82) is 0 Å². The topological polar surface area (TPSA) is 84.2 Å². The van der Waals surface area contributed by atoms with Crippen LogP contribution in [0.3, 0.4) is 0 Å². The standard InChI is InChI=1S/C18H22N6O2S/c1-13-16-17(22(3)21-13)18(20-14(2)19-16)23-9-11-24(12-10-23)27(25,26)15-7-5-4-6-8-15/h4-8H,9-12H2,1-3H3. The zero-order chi connectivity index (χ0) is 19.2. The van der Waals surface area contributed by atoms with E-state index in [4.69, 9.17) is 0 Å². The van der Waals surface area contributed by atoms with Gasteiger partial charge in [0.1, 0.15) is 16.9 Å². The van der Waals surface area contributed by atoms with Crippen molar-refractivity contribution in [1.82, 2.24) is 24.1 Å². The van der Waals surface area contributed by atoms with Crippen LogP contribution in [-0.4, -0.2) is 58.7 Å². The summed E-state index contributed by atoms with van der Waals surface area (Å²) in [6.45, 7) is 5.77. The quantitative estimate of drug-likeness (QED) is 0.678. The predicted octanol–water partition coefficient (Wildman–Crippen LogP) is 1.49. The van der Waals surface area contributed by atoms with Gasteiger partial charge >= 0.3 is 0 Å². The van der Waals surface area contributed by atoms with Crippen LogP contribution >= 0.6 is 0 Å². The van der Waals surface area contributed by atoms with Crippen LogP contribution in [0.4, 0.5) is 5.82 Å². The zero-order valence-corrected chi connectivity index (χ0v) is 16.4. The number of anilines is 1. The van der Waals surface area contributed by atoms with Gasteiger partial charge in [0.25, 0.3) is 0 Å². The Morgan fingerprint density at radius 1 is 0.963 bits per heavy atom. The van der Waals surface area contributed by atoms with Gasteiger partial charge in [-0.2, -0.15) is 9.40 Å². The van der Waals surface area contributed by atoms with Gasteiger partial charge in [-0.1, -0.05) is 18.2 Å². The molecule has 1 fully saturated rings. The van der Waals surface area contributed by atoms with Gasteiger partial charge in [0.2, 0.25) is 10.0 Å². The van der Waals surface area contributed by atoms with E-state index in [-0.39, 0.29) is 0 Å². The van der Waals surface area contributed by atoms with E-state index in [1.807, 2.05) is 27.0 Å². The second kappa shape index (κ2) is 6.58. The summed E-state index contributed by atoms with van der Waals surface area (Å²) in [5.41, 5.74) is 2.60. The van der Waals surface area contributed by atoms with E-state index in [9.17, 15) is 8.42 Å². The zero-order valence-electron chi connectivity index (χ0n) is 15.6. The van der Waals surface area contributed by atoms with Gasteiger partial charge in [-0.25, -0.2) is 18.4 Å². The maximum absolute atomic E-state index is 12.8. The fourth-order valence-electron chi connectivity index (χ4n) is 3.53. The van der Waals surface area contributed by atoms with E-state index in [0.29, 0.717) is 36.9 Å². The van der Waals surface area contributed by atoms with Gasteiger partial charge in [0, 0.05) is 33.2 Å². The van der Waals surface area contributed by atoms with Gasteiger partial charge in [-0.3, -0.25) is 4.68 Å². The summed E-state index contributed by atoms with van der Waals surface area (Å²) in [6.07, 6.45) is 0. The molecule has 0 amide bonds. The molecule has 9 heteroatoms. The molecule has 0 spiro atoms. The van der Waals surface area contributed by atoms with E-state index in [1.165, 1.54) is 0 Å². The Bertz CT molecular complexity index is 1090. The number of rotatable bonds is 3. The summed E-state index contributed by atoms with van der Waals surface area (Å²) >= 11 is 0. The Kier molecular flexibility index (Phi) is 4.35. The van der Waals surface area contributed by atoms with Gasteiger partial charge in [0.05, 0.1) is 10.6 Å². The smallest absolute Gasteiger partial charge is 0.243 e. The average molecular weight is 386 g/mol. The highest BCUT2D eigenvalue weighted by molar-refractivity contribution is 7.89. The molecule has 1 saturated heterocycles. The third-order valence-corrected chi connectivity index (χ3v) is 6.78. The molecule has 1 aliphatic rings. The Morgan fingerprint density at radius 3 is 2.30 bits per heavy atom. The third kappa shape index (κ3) is 3.06. The number of hydrogen-bond donors (Lipinski definition) is 0. The Balaban J connectivity index is 1.61. The summed E-state index contributed by atoms with van der Waals surface area (Å²) in [4.78, 5) is 11.6. The number of sulfonamides is 1. The second-order valence-electron chi connectivity index (χ2n) is 6.70. The normalized spacial score (nSPS) is 16.2. The van der Waals surface area contributed by atoms with Crippen LogP contribution in [0.5, 0.6) is 0 Å². The van der Waals surface area contributed by atoms with Crippen LogP contribution in [-0.2, 0) is 17.1 Å². The van der Waals surface area contributed by atoms with Crippen LogP contribution in [0.15, 0.2) is 35.2 Å². The molecule has 3 aromatic rings.